The molecule has 1 aromatic carbocycles. The molecule has 4 aromatic rings. The summed E-state index contributed by atoms with van der Waals surface area (Å²) in [5.41, 5.74) is 5.79. The van der Waals surface area contributed by atoms with E-state index in [1.165, 1.54) is 35.1 Å². The van der Waals surface area contributed by atoms with Crippen molar-refractivity contribution in [3.63, 3.8) is 0 Å². The van der Waals surface area contributed by atoms with Crippen LogP contribution in [-0.2, 0) is 16.6 Å². The number of nitrogen functional groups attached to an aromatic ring is 1. The molecule has 0 radical (unpaired) electrons. The smallest absolute Gasteiger partial charge is 0.453 e. The van der Waals surface area contributed by atoms with Gasteiger partial charge in [-0.15, -0.1) is 0 Å². The second kappa shape index (κ2) is 8.08. The summed E-state index contributed by atoms with van der Waals surface area (Å²) in [6.07, 6.45) is -3.72. The van der Waals surface area contributed by atoms with Crippen LogP contribution < -0.4 is 11.1 Å². The number of nitrogens with two attached hydrogens (primary N) is 1. The maximum Gasteiger partial charge on any atom is 0.453 e. The van der Waals surface area contributed by atoms with E-state index in [-0.39, 0.29) is 40.2 Å². The van der Waals surface area contributed by atoms with Crippen LogP contribution in [0.4, 0.5) is 33.6 Å². The molecule has 4 heterocycles. The van der Waals surface area contributed by atoms with Crippen molar-refractivity contribution in [1.29, 1.82) is 0 Å². The standard InChI is InChI=1S/C23H18F5N7O2/c1-21(11-2-4-12(36)5-3-11)15-16(29)32-17(33-18(15)34-20(21)37)14-10-35-9-8-30-19(35)13(31-14)6-7-22(24,25)23(26,27)28/h2-5,8-10,36H,6-7H2,1H3,(H3,29,32,33,34,37). The third-order valence-electron chi connectivity index (χ3n) is 6.33. The molecule has 37 heavy (non-hydrogen) atoms. The largest absolute Gasteiger partial charge is 0.508 e. The fraction of sp³-hybridized carbons (Fsp3) is 0.261. The summed E-state index contributed by atoms with van der Waals surface area (Å²) < 4.78 is 66.5. The van der Waals surface area contributed by atoms with Crippen molar-refractivity contribution in [2.45, 2.75) is 37.3 Å². The molecule has 3 aromatic heterocycles. The van der Waals surface area contributed by atoms with Crippen LogP contribution in [0.5, 0.6) is 5.75 Å². The van der Waals surface area contributed by atoms with Crippen LogP contribution in [0.2, 0.25) is 0 Å². The Balaban J connectivity index is 1.57. The van der Waals surface area contributed by atoms with Crippen LogP contribution in [0.15, 0.2) is 42.9 Å². The van der Waals surface area contributed by atoms with Crippen molar-refractivity contribution in [3.8, 4) is 17.3 Å². The molecule has 14 heteroatoms. The number of hydrogen-bond acceptors (Lipinski definition) is 7. The van der Waals surface area contributed by atoms with E-state index in [1.54, 1.807) is 19.1 Å². The number of aryl methyl sites for hydroxylation is 1. The van der Waals surface area contributed by atoms with Crippen LogP contribution in [0.25, 0.3) is 17.2 Å². The Morgan fingerprint density at radius 3 is 2.49 bits per heavy atom. The van der Waals surface area contributed by atoms with E-state index in [0.717, 1.165) is 0 Å². The number of aromatic hydroxyl groups is 1. The van der Waals surface area contributed by atoms with Gasteiger partial charge in [-0.2, -0.15) is 22.0 Å². The number of amides is 1. The van der Waals surface area contributed by atoms with E-state index >= 15 is 0 Å². The normalized spacial score (nSPS) is 17.7. The molecule has 5 rings (SSSR count). The minimum absolute atomic E-state index is 0.00955. The molecule has 1 atom stereocenters. The van der Waals surface area contributed by atoms with E-state index < -0.39 is 36.3 Å². The lowest BCUT2D eigenvalue weighted by atomic mass is 9.78. The van der Waals surface area contributed by atoms with Gasteiger partial charge < -0.3 is 20.6 Å². The Morgan fingerprint density at radius 2 is 1.81 bits per heavy atom. The number of halogens is 5. The number of benzene rings is 1. The molecule has 0 saturated carbocycles. The number of nitrogens with one attached hydrogen (secondary N) is 1. The first-order valence-corrected chi connectivity index (χ1v) is 10.9. The summed E-state index contributed by atoms with van der Waals surface area (Å²) in [7, 11) is 0. The summed E-state index contributed by atoms with van der Waals surface area (Å²) in [6, 6.07) is 5.97. The summed E-state index contributed by atoms with van der Waals surface area (Å²) in [6.45, 7) is 1.62. The Bertz CT molecular complexity index is 1540. The molecule has 0 spiro atoms. The lowest BCUT2D eigenvalue weighted by Gasteiger charge is -2.23. The number of phenols is 1. The predicted octanol–water partition coefficient (Wildman–Crippen LogP) is 3.86. The maximum atomic E-state index is 13.6. The number of carbonyl (C=O) groups excluding carboxylic acids is 1. The number of phenolic OH excluding ortho intramolecular Hbond substituents is 1. The number of anilines is 2. The molecule has 1 aliphatic heterocycles. The zero-order valence-electron chi connectivity index (χ0n) is 19.0. The molecule has 0 fully saturated rings. The predicted molar refractivity (Wildman–Crippen MR) is 121 cm³/mol. The molecule has 1 aliphatic rings. The number of fused-ring (bicyclic) bond motifs is 2. The number of nitrogens with zero attached hydrogens (tertiary/aromatic N) is 5. The van der Waals surface area contributed by atoms with E-state index in [4.69, 9.17) is 5.73 Å². The number of rotatable bonds is 5. The van der Waals surface area contributed by atoms with Gasteiger partial charge in [-0.25, -0.2) is 19.9 Å². The highest BCUT2D eigenvalue weighted by Crippen LogP contribution is 2.45. The average molecular weight is 519 g/mol. The Kier molecular flexibility index (Phi) is 5.31. The zero-order chi connectivity index (χ0) is 26.8. The molecule has 0 bridgehead atoms. The molecule has 4 N–H and O–H groups in total. The molecular weight excluding hydrogens is 501 g/mol. The van der Waals surface area contributed by atoms with Crippen LogP contribution in [-0.4, -0.2) is 47.4 Å². The minimum atomic E-state index is -5.70. The lowest BCUT2D eigenvalue weighted by Crippen LogP contribution is -2.36. The van der Waals surface area contributed by atoms with Crippen LogP contribution in [0.3, 0.4) is 0 Å². The van der Waals surface area contributed by atoms with E-state index in [2.05, 4.69) is 25.3 Å². The first-order chi connectivity index (χ1) is 17.3. The van der Waals surface area contributed by atoms with Gasteiger partial charge in [0, 0.05) is 25.0 Å². The van der Waals surface area contributed by atoms with Gasteiger partial charge in [0.05, 0.1) is 11.3 Å². The Hall–Kier alpha value is -4.36. The van der Waals surface area contributed by atoms with Crippen LogP contribution in [0.1, 0.15) is 30.2 Å². The van der Waals surface area contributed by atoms with Crippen molar-refractivity contribution in [2.24, 2.45) is 0 Å². The molecule has 1 amide bonds. The highest BCUT2D eigenvalue weighted by molar-refractivity contribution is 6.09. The van der Waals surface area contributed by atoms with Crippen LogP contribution in [0, 0.1) is 0 Å². The van der Waals surface area contributed by atoms with Gasteiger partial charge >= 0.3 is 12.1 Å². The average Bonchev–Trinajstić information content (AvgIpc) is 3.40. The van der Waals surface area contributed by atoms with Crippen LogP contribution >= 0.6 is 0 Å². The Labute approximate surface area is 205 Å². The summed E-state index contributed by atoms with van der Waals surface area (Å²) in [5.74, 6) is -5.39. The fourth-order valence-electron chi connectivity index (χ4n) is 4.28. The topological polar surface area (TPSA) is 131 Å². The molecular formula is C23H18F5N7O2. The first-order valence-electron chi connectivity index (χ1n) is 10.9. The van der Waals surface area contributed by atoms with Crippen molar-refractivity contribution in [1.82, 2.24) is 24.3 Å². The second-order valence-electron chi connectivity index (χ2n) is 8.72. The highest BCUT2D eigenvalue weighted by Gasteiger charge is 2.56. The third-order valence-corrected chi connectivity index (χ3v) is 6.33. The molecule has 9 nitrogen and oxygen atoms in total. The number of hydrogen-bond donors (Lipinski definition) is 3. The summed E-state index contributed by atoms with van der Waals surface area (Å²) in [4.78, 5) is 29.8. The van der Waals surface area contributed by atoms with E-state index in [9.17, 15) is 31.9 Å². The zero-order valence-corrected chi connectivity index (χ0v) is 19.0. The molecule has 0 aliphatic carbocycles. The number of aromatic nitrogens is 5. The quantitative estimate of drug-likeness (QED) is 0.341. The van der Waals surface area contributed by atoms with Gasteiger partial charge in [-0.1, -0.05) is 12.1 Å². The van der Waals surface area contributed by atoms with Gasteiger partial charge in [-0.05, 0) is 31.0 Å². The number of imidazole rings is 1. The molecule has 0 saturated heterocycles. The lowest BCUT2D eigenvalue weighted by molar-refractivity contribution is -0.284. The SMILES string of the molecule is CC1(c2ccc(O)cc2)C(=O)Nc2nc(-c3cn4ccnc4c(CCC(F)(F)C(F)(F)F)n3)nc(N)c21. The molecule has 1 unspecified atom stereocenters. The summed E-state index contributed by atoms with van der Waals surface area (Å²) in [5, 5.41) is 12.3. The van der Waals surface area contributed by atoms with Gasteiger partial charge in [0.1, 0.15) is 28.5 Å². The van der Waals surface area contributed by atoms with Crippen molar-refractivity contribution in [3.05, 3.63) is 59.7 Å². The van der Waals surface area contributed by atoms with Crippen molar-refractivity contribution in [2.75, 3.05) is 11.1 Å². The monoisotopic (exact) mass is 519 g/mol. The van der Waals surface area contributed by atoms with E-state index in [0.29, 0.717) is 11.1 Å². The van der Waals surface area contributed by atoms with Gasteiger partial charge in [0.2, 0.25) is 5.91 Å². The number of carbonyl (C=O) groups is 1. The highest BCUT2D eigenvalue weighted by atomic mass is 19.4. The van der Waals surface area contributed by atoms with Crippen molar-refractivity contribution >= 4 is 23.2 Å². The molecule has 192 valence electrons. The van der Waals surface area contributed by atoms with Gasteiger partial charge in [-0.3, -0.25) is 4.79 Å². The van der Waals surface area contributed by atoms with Gasteiger partial charge in [0.25, 0.3) is 0 Å². The number of alkyl halides is 5. The summed E-state index contributed by atoms with van der Waals surface area (Å²) >= 11 is 0. The Morgan fingerprint density at radius 1 is 1.11 bits per heavy atom. The minimum Gasteiger partial charge on any atom is -0.508 e. The first kappa shape index (κ1) is 24.3. The fourth-order valence-corrected chi connectivity index (χ4v) is 4.28. The van der Waals surface area contributed by atoms with Crippen molar-refractivity contribution < 1.29 is 31.9 Å². The van der Waals surface area contributed by atoms with E-state index in [1.807, 2.05) is 0 Å². The van der Waals surface area contributed by atoms with Gasteiger partial charge in [0.15, 0.2) is 11.5 Å². The maximum absolute atomic E-state index is 13.6. The second-order valence-corrected chi connectivity index (χ2v) is 8.72. The third kappa shape index (κ3) is 3.88.